The van der Waals surface area contributed by atoms with Crippen molar-refractivity contribution in [1.29, 1.82) is 0 Å². The molecule has 1 aliphatic carbocycles. The summed E-state index contributed by atoms with van der Waals surface area (Å²) in [4.78, 5) is 12.9. The van der Waals surface area contributed by atoms with Gasteiger partial charge in [-0.2, -0.15) is 13.2 Å². The summed E-state index contributed by atoms with van der Waals surface area (Å²) in [6, 6.07) is 5.73. The van der Waals surface area contributed by atoms with Crippen molar-refractivity contribution in [3.8, 4) is 11.8 Å². The summed E-state index contributed by atoms with van der Waals surface area (Å²) in [5.41, 5.74) is -5.12. The fourth-order valence-electron chi connectivity index (χ4n) is 3.59. The second-order valence-corrected chi connectivity index (χ2v) is 10.4. The third kappa shape index (κ3) is 5.35. The van der Waals surface area contributed by atoms with Crippen LogP contribution in [-0.4, -0.2) is 41.0 Å². The molecule has 2 heterocycles. The number of nitrogens with zero attached hydrogens (tertiary/aromatic N) is 4. The molecule has 1 fully saturated rings. The number of hydrogen-bond donors (Lipinski definition) is 1. The van der Waals surface area contributed by atoms with E-state index >= 15 is 0 Å². The van der Waals surface area contributed by atoms with Crippen LogP contribution in [0.4, 0.5) is 27.6 Å². The van der Waals surface area contributed by atoms with Crippen LogP contribution in [0.1, 0.15) is 46.6 Å². The summed E-state index contributed by atoms with van der Waals surface area (Å²) in [7, 11) is -3.66. The van der Waals surface area contributed by atoms with Crippen molar-refractivity contribution in [1.82, 2.24) is 20.4 Å². The van der Waals surface area contributed by atoms with Gasteiger partial charge in [0.1, 0.15) is 11.3 Å². The van der Waals surface area contributed by atoms with E-state index in [1.165, 1.54) is 18.2 Å². The van der Waals surface area contributed by atoms with E-state index in [-0.39, 0.29) is 29.1 Å². The molecule has 0 bridgehead atoms. The Balaban J connectivity index is 1.73. The van der Waals surface area contributed by atoms with Crippen LogP contribution in [0.5, 0.6) is 11.8 Å². The molecule has 1 aromatic carbocycles. The highest BCUT2D eigenvalue weighted by atomic mass is 32.2. The lowest BCUT2D eigenvalue weighted by molar-refractivity contribution is -0.142. The zero-order chi connectivity index (χ0) is 27.2. The van der Waals surface area contributed by atoms with Crippen LogP contribution in [0.3, 0.4) is 0 Å². The molecule has 196 valence electrons. The molecule has 1 aliphatic rings. The van der Waals surface area contributed by atoms with Crippen LogP contribution in [0.25, 0.3) is 0 Å². The number of ether oxygens (including phenoxy) is 1. The number of carbonyl (C=O) groups is 1. The number of hydrogen-bond acceptors (Lipinski definition) is 8. The minimum absolute atomic E-state index is 0.0623. The topological polar surface area (TPSA) is 124 Å². The smallest absolute Gasteiger partial charge is 0.414 e. The number of benzene rings is 1. The Hall–Kier alpha value is -3.75. The summed E-state index contributed by atoms with van der Waals surface area (Å²) in [5, 5.41) is 15.7. The molecule has 1 amide bonds. The monoisotopic (exact) mass is 543 g/mol. The lowest BCUT2D eigenvalue weighted by atomic mass is 9.79. The summed E-state index contributed by atoms with van der Waals surface area (Å²) >= 11 is 0. The Labute approximate surface area is 207 Å². The summed E-state index contributed by atoms with van der Waals surface area (Å²) in [6.07, 6.45) is -3.20. The average molecular weight is 543 g/mol. The van der Waals surface area contributed by atoms with Crippen LogP contribution in [-0.2, 0) is 21.7 Å². The number of amides is 1. The maximum Gasteiger partial charge on any atom is 0.435 e. The zero-order valence-electron chi connectivity index (χ0n) is 19.2. The number of halogens is 5. The quantitative estimate of drug-likeness (QED) is 0.450. The highest BCUT2D eigenvalue weighted by Gasteiger charge is 2.42. The van der Waals surface area contributed by atoms with Gasteiger partial charge in [-0.15, -0.1) is 20.4 Å². The van der Waals surface area contributed by atoms with E-state index in [0.717, 1.165) is 25.3 Å². The summed E-state index contributed by atoms with van der Waals surface area (Å²) < 4.78 is 98.3. The molecule has 2 aromatic heterocycles. The van der Waals surface area contributed by atoms with Gasteiger partial charge in [-0.05, 0) is 49.9 Å². The van der Waals surface area contributed by atoms with Gasteiger partial charge in [-0.25, -0.2) is 17.2 Å². The van der Waals surface area contributed by atoms with E-state index in [9.17, 15) is 35.2 Å². The average Bonchev–Trinajstić information content (AvgIpc) is 2.77. The number of aromatic nitrogens is 4. The minimum Gasteiger partial charge on any atom is -0.414 e. The number of nitrogens with one attached hydrogen (secondary N) is 1. The van der Waals surface area contributed by atoms with Gasteiger partial charge in [0.05, 0.1) is 4.90 Å². The molecule has 0 spiro atoms. The molecule has 0 atom stereocenters. The largest absolute Gasteiger partial charge is 0.435 e. The van der Waals surface area contributed by atoms with Crippen LogP contribution < -0.4 is 10.1 Å². The van der Waals surface area contributed by atoms with E-state index in [4.69, 9.17) is 4.74 Å². The highest BCUT2D eigenvalue weighted by Crippen LogP contribution is 2.44. The normalized spacial score (nSPS) is 15.1. The van der Waals surface area contributed by atoms with Gasteiger partial charge < -0.3 is 10.1 Å². The van der Waals surface area contributed by atoms with Crippen LogP contribution in [0.2, 0.25) is 0 Å². The van der Waals surface area contributed by atoms with E-state index in [2.05, 4.69) is 25.7 Å². The Bertz CT molecular complexity index is 1490. The zero-order valence-corrected chi connectivity index (χ0v) is 20.0. The first-order valence-corrected chi connectivity index (χ1v) is 12.5. The molecule has 0 aliphatic heterocycles. The second-order valence-electron chi connectivity index (χ2n) is 8.41. The Morgan fingerprint density at radius 2 is 1.76 bits per heavy atom. The van der Waals surface area contributed by atoms with E-state index in [1.807, 2.05) is 0 Å². The van der Waals surface area contributed by atoms with Crippen molar-refractivity contribution in [2.24, 2.45) is 0 Å². The molecule has 0 unspecified atom stereocenters. The lowest BCUT2D eigenvalue weighted by Gasteiger charge is -2.32. The van der Waals surface area contributed by atoms with Gasteiger partial charge in [0, 0.05) is 18.0 Å². The van der Waals surface area contributed by atoms with E-state index in [1.54, 1.807) is 0 Å². The first-order valence-electron chi connectivity index (χ1n) is 10.7. The SMILES string of the molecule is Cc1c(C(F)(F)F)nnc(Oc2nnc(C3(F)CCC3)cc2F)c1C(=O)Nc1cccc(S(C)(=O)=O)c1. The fraction of sp³-hybridized carbons (Fsp3) is 0.318. The third-order valence-electron chi connectivity index (χ3n) is 5.72. The predicted octanol–water partition coefficient (Wildman–Crippen LogP) is 4.53. The summed E-state index contributed by atoms with van der Waals surface area (Å²) in [5.74, 6) is -4.06. The lowest BCUT2D eigenvalue weighted by Crippen LogP contribution is -2.30. The Morgan fingerprint density at radius 1 is 1.08 bits per heavy atom. The van der Waals surface area contributed by atoms with Crippen molar-refractivity contribution in [3.05, 3.63) is 58.7 Å². The first kappa shape index (κ1) is 26.3. The molecule has 0 saturated heterocycles. The maximum absolute atomic E-state index is 14.7. The molecule has 0 radical (unpaired) electrons. The fourth-order valence-corrected chi connectivity index (χ4v) is 4.25. The van der Waals surface area contributed by atoms with Crippen molar-refractivity contribution in [2.45, 2.75) is 42.9 Å². The van der Waals surface area contributed by atoms with Crippen molar-refractivity contribution < 1.29 is 39.9 Å². The first-order chi connectivity index (χ1) is 17.2. The minimum atomic E-state index is -4.99. The number of carbonyl (C=O) groups excluding carboxylic acids is 1. The predicted molar refractivity (Wildman–Crippen MR) is 118 cm³/mol. The Kier molecular flexibility index (Phi) is 6.60. The molecule has 4 rings (SSSR count). The summed E-state index contributed by atoms with van der Waals surface area (Å²) in [6.45, 7) is 0.931. The maximum atomic E-state index is 14.7. The van der Waals surface area contributed by atoms with Gasteiger partial charge in [0.2, 0.25) is 0 Å². The van der Waals surface area contributed by atoms with Crippen LogP contribution in [0.15, 0.2) is 35.2 Å². The van der Waals surface area contributed by atoms with Gasteiger partial charge in [0.25, 0.3) is 17.7 Å². The molecular weight excluding hydrogens is 525 g/mol. The number of sulfone groups is 1. The van der Waals surface area contributed by atoms with Gasteiger partial charge in [-0.3, -0.25) is 4.79 Å². The number of anilines is 1. The van der Waals surface area contributed by atoms with Crippen molar-refractivity contribution in [3.63, 3.8) is 0 Å². The molecule has 1 N–H and O–H groups in total. The standard InChI is InChI=1S/C22H18F5N5O4S/c1-11-16(18(33)28-12-5-3-6-13(9-12)37(2,34)35)20(32-30-17(11)22(25,26)27)36-19-14(23)10-15(29-31-19)21(24)7-4-8-21/h3,5-6,9-10H,4,7-8H2,1-2H3,(H,28,33). The van der Waals surface area contributed by atoms with E-state index < -0.39 is 62.0 Å². The number of alkyl halides is 4. The molecule has 15 heteroatoms. The van der Waals surface area contributed by atoms with Crippen molar-refractivity contribution >= 4 is 21.4 Å². The molecule has 1 saturated carbocycles. The molecular formula is C22H18F5N5O4S. The van der Waals surface area contributed by atoms with Crippen LogP contribution >= 0.6 is 0 Å². The highest BCUT2D eigenvalue weighted by molar-refractivity contribution is 7.90. The Morgan fingerprint density at radius 3 is 2.32 bits per heavy atom. The molecule has 3 aromatic rings. The molecule has 9 nitrogen and oxygen atoms in total. The second kappa shape index (κ2) is 9.28. The molecule has 37 heavy (non-hydrogen) atoms. The number of rotatable bonds is 6. The van der Waals surface area contributed by atoms with Gasteiger partial charge in [-0.1, -0.05) is 6.07 Å². The van der Waals surface area contributed by atoms with Gasteiger partial charge in [0.15, 0.2) is 27.0 Å². The van der Waals surface area contributed by atoms with Crippen LogP contribution in [0, 0.1) is 12.7 Å². The van der Waals surface area contributed by atoms with Crippen molar-refractivity contribution in [2.75, 3.05) is 11.6 Å². The third-order valence-corrected chi connectivity index (χ3v) is 6.83. The van der Waals surface area contributed by atoms with Gasteiger partial charge >= 0.3 is 6.18 Å². The van der Waals surface area contributed by atoms with E-state index in [0.29, 0.717) is 6.42 Å².